The molecule has 0 bridgehead atoms. The van der Waals surface area contributed by atoms with Crippen molar-refractivity contribution in [1.82, 2.24) is 0 Å². The van der Waals surface area contributed by atoms with Gasteiger partial charge in [-0.1, -0.05) is 0 Å². The average Bonchev–Trinajstić information content (AvgIpc) is 3.23. The van der Waals surface area contributed by atoms with Crippen LogP contribution in [0, 0.1) is 52.4 Å². The number of benzene rings is 5. The fourth-order valence-electron chi connectivity index (χ4n) is 6.72. The Morgan fingerprint density at radius 1 is 0.500 bits per heavy atom. The summed E-state index contributed by atoms with van der Waals surface area (Å²) in [4.78, 5) is 12.4. The highest BCUT2D eigenvalue weighted by Crippen LogP contribution is 2.41. The maximum absolute atomic E-state index is 15.0. The summed E-state index contributed by atoms with van der Waals surface area (Å²) in [5, 5.41) is 0. The molecule has 0 saturated carbocycles. The SMILES string of the molecule is O=C(CCCCOc1ccc(-c2cc(F)c(C(F)(F)OC3=CC(F)C(F)C(F)=C3)c(F)c2)c(F)c1)CCCCOc1ccc(-c2cc(F)c(C(F)(F)Oc3cc(F)c(F)c(F)c3)c(F)c2)c(F)c1. The van der Waals surface area contributed by atoms with Crippen LogP contribution in [0.2, 0.25) is 0 Å². The molecule has 362 valence electrons. The zero-order chi connectivity index (χ0) is 49.7. The highest BCUT2D eigenvalue weighted by Gasteiger charge is 2.44. The Labute approximate surface area is 375 Å². The van der Waals surface area contributed by atoms with Crippen LogP contribution in [0.4, 0.5) is 70.2 Å². The Hall–Kier alpha value is -6.67. The summed E-state index contributed by atoms with van der Waals surface area (Å²) in [6.07, 6.45) is -13.1. The molecule has 0 N–H and O–H groups in total. The van der Waals surface area contributed by atoms with Crippen LogP contribution in [0.5, 0.6) is 17.2 Å². The van der Waals surface area contributed by atoms with Crippen LogP contribution in [0.1, 0.15) is 49.7 Å². The van der Waals surface area contributed by atoms with Gasteiger partial charge in [-0.05, 0) is 91.4 Å². The molecule has 6 rings (SSSR count). The summed E-state index contributed by atoms with van der Waals surface area (Å²) in [7, 11) is 0. The number of alkyl halides is 6. The predicted molar refractivity (Wildman–Crippen MR) is 210 cm³/mol. The second-order valence-corrected chi connectivity index (χ2v) is 14.9. The van der Waals surface area contributed by atoms with Crippen LogP contribution in [0.3, 0.4) is 0 Å². The third-order valence-corrected chi connectivity index (χ3v) is 10.0. The summed E-state index contributed by atoms with van der Waals surface area (Å²) >= 11 is 0. The van der Waals surface area contributed by atoms with Gasteiger partial charge in [0.05, 0.1) is 13.2 Å². The van der Waals surface area contributed by atoms with E-state index in [0.29, 0.717) is 49.9 Å². The second-order valence-electron chi connectivity index (χ2n) is 14.9. The third kappa shape index (κ3) is 12.1. The van der Waals surface area contributed by atoms with Crippen molar-refractivity contribution in [3.63, 3.8) is 0 Å². The van der Waals surface area contributed by atoms with Crippen molar-refractivity contribution >= 4 is 5.78 Å². The van der Waals surface area contributed by atoms with Crippen molar-refractivity contribution in [2.75, 3.05) is 13.2 Å². The summed E-state index contributed by atoms with van der Waals surface area (Å²) in [6.45, 7) is 0.0508. The number of hydrogen-bond acceptors (Lipinski definition) is 5. The normalized spacial score (nSPS) is 15.2. The minimum absolute atomic E-state index is 0.0103. The lowest BCUT2D eigenvalue weighted by molar-refractivity contribution is -0.225. The van der Waals surface area contributed by atoms with Crippen LogP contribution in [0.25, 0.3) is 22.3 Å². The first-order valence-corrected chi connectivity index (χ1v) is 20.1. The summed E-state index contributed by atoms with van der Waals surface area (Å²) < 4.78 is 248. The Morgan fingerprint density at radius 3 is 1.32 bits per heavy atom. The minimum Gasteiger partial charge on any atom is -0.493 e. The van der Waals surface area contributed by atoms with Gasteiger partial charge in [0.15, 0.2) is 29.8 Å². The molecule has 0 spiro atoms. The first kappa shape index (κ1) is 50.7. The van der Waals surface area contributed by atoms with Crippen molar-refractivity contribution in [3.05, 3.63) is 160 Å². The predicted octanol–water partition coefficient (Wildman–Crippen LogP) is 14.3. The monoisotopic (exact) mass is 980 g/mol. The van der Waals surface area contributed by atoms with Gasteiger partial charge in [-0.3, -0.25) is 4.79 Å². The molecule has 5 aromatic rings. The summed E-state index contributed by atoms with van der Waals surface area (Å²) in [5.41, 5.74) is -5.76. The number of hydrogen-bond donors (Lipinski definition) is 0. The molecule has 0 fully saturated rings. The third-order valence-electron chi connectivity index (χ3n) is 10.0. The number of carbonyl (C=O) groups is 1. The van der Waals surface area contributed by atoms with Crippen LogP contribution >= 0.6 is 0 Å². The molecule has 0 aromatic heterocycles. The molecule has 2 atom stereocenters. The summed E-state index contributed by atoms with van der Waals surface area (Å²) in [5.74, 6) is -19.9. The standard InChI is InChI=1S/C47H32F16O5/c48-32-17-26(7-9-30(32)23-13-34(50)42(35(51)14-23)46(60,61)67-28-19-38(54)44(58)39(55)20-28)65-11-3-1-5-25(64)6-2-4-12-66-27-8-10-31(33(49)18-27)24-15-36(52)43(37(53)16-24)47(62,63)68-29-21-40(56)45(59)41(57)22-29/h7-10,13-22,38,44H,1-6,11-12H2. The van der Waals surface area contributed by atoms with Crippen molar-refractivity contribution in [1.29, 1.82) is 0 Å². The molecule has 0 aliphatic heterocycles. The second kappa shape index (κ2) is 21.1. The van der Waals surface area contributed by atoms with Crippen LogP contribution in [0.15, 0.2) is 96.5 Å². The lowest BCUT2D eigenvalue weighted by atomic mass is 10.0. The van der Waals surface area contributed by atoms with E-state index in [4.69, 9.17) is 9.47 Å². The van der Waals surface area contributed by atoms with Gasteiger partial charge in [0.2, 0.25) is 0 Å². The van der Waals surface area contributed by atoms with Crippen molar-refractivity contribution in [2.45, 2.75) is 63.1 Å². The van der Waals surface area contributed by atoms with Gasteiger partial charge >= 0.3 is 12.2 Å². The van der Waals surface area contributed by atoms with Gasteiger partial charge in [0.25, 0.3) is 0 Å². The van der Waals surface area contributed by atoms with Gasteiger partial charge in [-0.2, -0.15) is 17.6 Å². The van der Waals surface area contributed by atoms with Crippen molar-refractivity contribution in [2.24, 2.45) is 0 Å². The molecule has 0 radical (unpaired) electrons. The Kier molecular flexibility index (Phi) is 15.7. The Morgan fingerprint density at radius 2 is 0.912 bits per heavy atom. The molecule has 0 amide bonds. The van der Waals surface area contributed by atoms with Gasteiger partial charge in [0, 0.05) is 54.3 Å². The zero-order valence-corrected chi connectivity index (χ0v) is 34.5. The number of ketones is 1. The molecule has 0 heterocycles. The molecule has 1 aliphatic rings. The molecule has 5 nitrogen and oxygen atoms in total. The van der Waals surface area contributed by atoms with E-state index in [1.54, 1.807) is 0 Å². The Balaban J connectivity index is 0.907. The highest BCUT2D eigenvalue weighted by molar-refractivity contribution is 5.78. The van der Waals surface area contributed by atoms with E-state index in [0.717, 1.165) is 24.3 Å². The molecule has 68 heavy (non-hydrogen) atoms. The number of ether oxygens (including phenoxy) is 4. The zero-order valence-electron chi connectivity index (χ0n) is 34.5. The number of halogens is 16. The van der Waals surface area contributed by atoms with Crippen molar-refractivity contribution in [3.8, 4) is 39.5 Å². The maximum Gasteiger partial charge on any atom is 0.432 e. The fraction of sp³-hybridized carbons (Fsp3) is 0.255. The number of rotatable bonds is 20. The molecule has 21 heteroatoms. The molecular formula is C47H32F16O5. The maximum atomic E-state index is 15.0. The average molecular weight is 981 g/mol. The van der Waals surface area contributed by atoms with Gasteiger partial charge in [-0.25, -0.2) is 52.7 Å². The number of carbonyl (C=O) groups excluding carboxylic acids is 1. The lowest BCUT2D eigenvalue weighted by Crippen LogP contribution is -2.25. The highest BCUT2D eigenvalue weighted by atomic mass is 19.3. The van der Waals surface area contributed by atoms with E-state index in [1.165, 1.54) is 12.1 Å². The smallest absolute Gasteiger partial charge is 0.432 e. The largest absolute Gasteiger partial charge is 0.493 e. The quantitative estimate of drug-likeness (QED) is 0.0442. The fourth-order valence-corrected chi connectivity index (χ4v) is 6.72. The number of allylic oxidation sites excluding steroid dienone is 3. The topological polar surface area (TPSA) is 54.0 Å². The van der Waals surface area contributed by atoms with E-state index < -0.39 is 128 Å². The van der Waals surface area contributed by atoms with Crippen molar-refractivity contribution < 1.29 is 94.0 Å². The van der Waals surface area contributed by atoms with E-state index >= 15 is 0 Å². The molecular weight excluding hydrogens is 948 g/mol. The van der Waals surface area contributed by atoms with E-state index in [9.17, 15) is 75.0 Å². The van der Waals surface area contributed by atoms with Crippen LogP contribution in [-0.2, 0) is 21.7 Å². The van der Waals surface area contributed by atoms with Gasteiger partial charge in [0.1, 0.15) is 80.6 Å². The first-order chi connectivity index (χ1) is 32.0. The molecule has 1 aliphatic carbocycles. The van der Waals surface area contributed by atoms with Crippen LogP contribution in [-0.4, -0.2) is 31.3 Å². The van der Waals surface area contributed by atoms with E-state index in [-0.39, 0.29) is 67.6 Å². The Bertz CT molecular complexity index is 2670. The molecule has 0 saturated heterocycles. The minimum atomic E-state index is -4.85. The number of Topliss-reactive ketones (excluding diaryl/α,β-unsaturated/α-hetero) is 1. The lowest BCUT2D eigenvalue weighted by Gasteiger charge is -2.23. The molecule has 2 unspecified atom stereocenters. The van der Waals surface area contributed by atoms with Gasteiger partial charge < -0.3 is 18.9 Å². The summed E-state index contributed by atoms with van der Waals surface area (Å²) in [6, 6.07) is 7.94. The number of unbranched alkanes of at least 4 members (excludes halogenated alkanes) is 2. The van der Waals surface area contributed by atoms with E-state index in [1.807, 2.05) is 0 Å². The van der Waals surface area contributed by atoms with Crippen LogP contribution < -0.4 is 14.2 Å². The van der Waals surface area contributed by atoms with E-state index in [2.05, 4.69) is 9.47 Å². The van der Waals surface area contributed by atoms with Gasteiger partial charge in [-0.15, -0.1) is 0 Å². The molecule has 5 aromatic carbocycles. The first-order valence-electron chi connectivity index (χ1n) is 20.1.